The number of amides is 1. The van der Waals surface area contributed by atoms with Crippen LogP contribution in [0.2, 0.25) is 0 Å². The highest BCUT2D eigenvalue weighted by Crippen LogP contribution is 2.24. The Morgan fingerprint density at radius 3 is 2.70 bits per heavy atom. The van der Waals surface area contributed by atoms with E-state index in [2.05, 4.69) is 0 Å². The normalized spacial score (nSPS) is 10.9. The number of fused-ring (bicyclic) bond motifs is 1. The molecule has 0 aliphatic rings. The topological polar surface area (TPSA) is 42.3 Å². The molecule has 0 saturated heterocycles. The largest absolute Gasteiger partial charge is 0.311 e. The predicted octanol–water partition coefficient (Wildman–Crippen LogP) is 3.67. The Kier molecular flexibility index (Phi) is 4.05. The van der Waals surface area contributed by atoms with Gasteiger partial charge in [-0.1, -0.05) is 0 Å². The number of rotatable bonds is 3. The van der Waals surface area contributed by atoms with Crippen molar-refractivity contribution >= 4 is 33.8 Å². The quantitative estimate of drug-likeness (QED) is 0.737. The van der Waals surface area contributed by atoms with Crippen molar-refractivity contribution in [1.29, 1.82) is 0 Å². The molecule has 1 amide bonds. The molecule has 3 rings (SSSR count). The van der Waals surface area contributed by atoms with E-state index in [9.17, 15) is 9.59 Å². The van der Waals surface area contributed by atoms with E-state index in [1.807, 2.05) is 48.9 Å². The molecule has 0 N–H and O–H groups in total. The van der Waals surface area contributed by atoms with Gasteiger partial charge in [-0.05, 0) is 49.1 Å². The molecule has 1 aromatic carbocycles. The first kappa shape index (κ1) is 15.5. The average molecular weight is 326 g/mol. The molecule has 23 heavy (non-hydrogen) atoms. The third-order valence-electron chi connectivity index (χ3n) is 4.08. The van der Waals surface area contributed by atoms with Gasteiger partial charge in [-0.25, -0.2) is 0 Å². The van der Waals surface area contributed by atoms with Crippen molar-refractivity contribution in [2.45, 2.75) is 20.4 Å². The third-order valence-corrected chi connectivity index (χ3v) is 4.76. The van der Waals surface area contributed by atoms with Gasteiger partial charge in [0.15, 0.2) is 0 Å². The number of carbonyl (C=O) groups is 1. The molecule has 4 nitrogen and oxygen atoms in total. The van der Waals surface area contributed by atoms with E-state index in [1.54, 1.807) is 22.6 Å². The van der Waals surface area contributed by atoms with Crippen LogP contribution in [0.4, 0.5) is 5.69 Å². The second kappa shape index (κ2) is 6.01. The summed E-state index contributed by atoms with van der Waals surface area (Å²) in [6.07, 6.45) is 0. The Bertz CT molecular complexity index is 926. The van der Waals surface area contributed by atoms with Crippen LogP contribution in [-0.2, 0) is 6.54 Å². The SMILES string of the molecule is CCn1c(=O)cc(C)c2cc(N(C)C(=O)c3ccsc3)ccc21. The van der Waals surface area contributed by atoms with Crippen molar-refractivity contribution in [3.8, 4) is 0 Å². The van der Waals surface area contributed by atoms with E-state index in [4.69, 9.17) is 0 Å². The molecule has 0 radical (unpaired) electrons. The standard InChI is InChI=1S/C18H18N2O2S/c1-4-20-16-6-5-14(10-15(16)12(2)9-17(20)21)19(3)18(22)13-7-8-23-11-13/h5-11H,4H2,1-3H3. The molecule has 5 heteroatoms. The maximum absolute atomic E-state index is 12.5. The summed E-state index contributed by atoms with van der Waals surface area (Å²) in [5.41, 5.74) is 3.34. The number of nitrogens with zero attached hydrogens (tertiary/aromatic N) is 2. The van der Waals surface area contributed by atoms with Gasteiger partial charge < -0.3 is 9.47 Å². The molecule has 0 saturated carbocycles. The molecule has 0 bridgehead atoms. The van der Waals surface area contributed by atoms with E-state index in [0.717, 1.165) is 22.2 Å². The Balaban J connectivity index is 2.10. The molecular formula is C18H18N2O2S. The second-order valence-electron chi connectivity index (χ2n) is 5.49. The molecule has 0 unspecified atom stereocenters. The van der Waals surface area contributed by atoms with Crippen molar-refractivity contribution in [2.75, 3.05) is 11.9 Å². The van der Waals surface area contributed by atoms with Crippen LogP contribution in [0, 0.1) is 6.92 Å². The van der Waals surface area contributed by atoms with Gasteiger partial charge in [0, 0.05) is 36.1 Å². The van der Waals surface area contributed by atoms with E-state index >= 15 is 0 Å². The zero-order chi connectivity index (χ0) is 16.6. The van der Waals surface area contributed by atoms with E-state index in [0.29, 0.717) is 12.1 Å². The maximum Gasteiger partial charge on any atom is 0.258 e. The van der Waals surface area contributed by atoms with Gasteiger partial charge in [0.05, 0.1) is 11.1 Å². The fraction of sp³-hybridized carbons (Fsp3) is 0.222. The van der Waals surface area contributed by atoms with E-state index in [-0.39, 0.29) is 11.5 Å². The van der Waals surface area contributed by atoms with Crippen LogP contribution in [0.5, 0.6) is 0 Å². The minimum absolute atomic E-state index is 0.00736. The molecular weight excluding hydrogens is 308 g/mol. The van der Waals surface area contributed by atoms with Crippen molar-refractivity contribution < 1.29 is 4.79 Å². The van der Waals surface area contributed by atoms with Gasteiger partial charge in [-0.3, -0.25) is 9.59 Å². The second-order valence-corrected chi connectivity index (χ2v) is 6.27. The van der Waals surface area contributed by atoms with Crippen molar-refractivity contribution in [1.82, 2.24) is 4.57 Å². The number of hydrogen-bond donors (Lipinski definition) is 0. The fourth-order valence-electron chi connectivity index (χ4n) is 2.77. The summed E-state index contributed by atoms with van der Waals surface area (Å²) in [5, 5.41) is 4.74. The van der Waals surface area contributed by atoms with E-state index in [1.165, 1.54) is 11.3 Å². The zero-order valence-electron chi connectivity index (χ0n) is 13.4. The number of thiophene rings is 1. The van der Waals surface area contributed by atoms with Crippen LogP contribution in [0.25, 0.3) is 10.9 Å². The van der Waals surface area contributed by atoms with Crippen LogP contribution < -0.4 is 10.5 Å². The summed E-state index contributed by atoms with van der Waals surface area (Å²) in [6.45, 7) is 4.50. The molecule has 2 aromatic heterocycles. The van der Waals surface area contributed by atoms with Gasteiger partial charge in [0.2, 0.25) is 0 Å². The van der Waals surface area contributed by atoms with Crippen molar-refractivity contribution in [3.05, 3.63) is 62.6 Å². The lowest BCUT2D eigenvalue weighted by Gasteiger charge is -2.19. The van der Waals surface area contributed by atoms with Crippen LogP contribution in [-0.4, -0.2) is 17.5 Å². The van der Waals surface area contributed by atoms with Crippen LogP contribution >= 0.6 is 11.3 Å². The fourth-order valence-corrected chi connectivity index (χ4v) is 3.40. The van der Waals surface area contributed by atoms with Crippen LogP contribution in [0.1, 0.15) is 22.8 Å². The predicted molar refractivity (Wildman–Crippen MR) is 95.7 cm³/mol. The summed E-state index contributed by atoms with van der Waals surface area (Å²) in [4.78, 5) is 26.2. The Labute approximate surface area is 138 Å². The van der Waals surface area contributed by atoms with Gasteiger partial charge in [-0.15, -0.1) is 0 Å². The first-order valence-corrected chi connectivity index (χ1v) is 8.41. The molecule has 3 aromatic rings. The minimum atomic E-state index is -0.0351. The molecule has 0 aliphatic carbocycles. The van der Waals surface area contributed by atoms with Gasteiger partial charge in [0.25, 0.3) is 11.5 Å². The minimum Gasteiger partial charge on any atom is -0.311 e. The molecule has 0 atom stereocenters. The van der Waals surface area contributed by atoms with Crippen LogP contribution in [0.15, 0.2) is 45.9 Å². The first-order valence-electron chi connectivity index (χ1n) is 7.47. The zero-order valence-corrected chi connectivity index (χ0v) is 14.2. The lowest BCUT2D eigenvalue weighted by Crippen LogP contribution is -2.26. The van der Waals surface area contributed by atoms with Gasteiger partial charge in [0.1, 0.15) is 0 Å². The number of aromatic nitrogens is 1. The molecule has 0 aliphatic heterocycles. The number of carbonyl (C=O) groups excluding carboxylic acids is 1. The summed E-state index contributed by atoms with van der Waals surface area (Å²) in [6, 6.07) is 9.25. The van der Waals surface area contributed by atoms with Gasteiger partial charge >= 0.3 is 0 Å². The van der Waals surface area contributed by atoms with Crippen LogP contribution in [0.3, 0.4) is 0 Å². The number of hydrogen-bond acceptors (Lipinski definition) is 3. The first-order chi connectivity index (χ1) is 11.0. The molecule has 2 heterocycles. The molecule has 0 spiro atoms. The molecule has 118 valence electrons. The summed E-state index contributed by atoms with van der Waals surface area (Å²) in [5.74, 6) is -0.0351. The molecule has 0 fully saturated rings. The third kappa shape index (κ3) is 2.68. The Morgan fingerprint density at radius 1 is 1.26 bits per heavy atom. The number of aryl methyl sites for hydroxylation is 2. The highest BCUT2D eigenvalue weighted by Gasteiger charge is 2.15. The Morgan fingerprint density at radius 2 is 2.04 bits per heavy atom. The average Bonchev–Trinajstić information content (AvgIpc) is 3.08. The maximum atomic E-state index is 12.5. The highest BCUT2D eigenvalue weighted by atomic mass is 32.1. The van der Waals surface area contributed by atoms with E-state index < -0.39 is 0 Å². The monoisotopic (exact) mass is 326 g/mol. The summed E-state index contributed by atoms with van der Waals surface area (Å²) in [7, 11) is 1.77. The Hall–Kier alpha value is -2.40. The lowest BCUT2D eigenvalue weighted by atomic mass is 10.1. The number of anilines is 1. The van der Waals surface area contributed by atoms with Gasteiger partial charge in [-0.2, -0.15) is 11.3 Å². The van der Waals surface area contributed by atoms with Crippen molar-refractivity contribution in [2.24, 2.45) is 0 Å². The van der Waals surface area contributed by atoms with Crippen molar-refractivity contribution in [3.63, 3.8) is 0 Å². The highest BCUT2D eigenvalue weighted by molar-refractivity contribution is 7.08. The number of benzene rings is 1. The lowest BCUT2D eigenvalue weighted by molar-refractivity contribution is 0.0993. The summed E-state index contributed by atoms with van der Waals surface area (Å²) < 4.78 is 1.74. The summed E-state index contributed by atoms with van der Waals surface area (Å²) >= 11 is 1.51. The number of pyridine rings is 1. The smallest absolute Gasteiger partial charge is 0.258 e.